The molecule has 0 atom stereocenters. The second-order valence-electron chi connectivity index (χ2n) is 5.33. The van der Waals surface area contributed by atoms with Crippen LogP contribution in [0.25, 0.3) is 0 Å². The number of aromatic nitrogens is 2. The molecule has 0 aliphatic heterocycles. The largest absolute Gasteiger partial charge is 0.367 e. The summed E-state index contributed by atoms with van der Waals surface area (Å²) in [6.07, 6.45) is 4.14. The zero-order chi connectivity index (χ0) is 14.0. The van der Waals surface area contributed by atoms with E-state index in [-0.39, 0.29) is 5.92 Å². The van der Waals surface area contributed by atoms with Crippen LogP contribution < -0.4 is 0 Å². The number of hydrogen-bond donors (Lipinski definition) is 0. The highest BCUT2D eigenvalue weighted by atomic mass is 35.5. The highest BCUT2D eigenvalue weighted by molar-refractivity contribution is 6.34. The van der Waals surface area contributed by atoms with Crippen LogP contribution in [0.3, 0.4) is 0 Å². The molecule has 106 valence electrons. The average Bonchev–Trinajstić information content (AvgIpc) is 2.77. The number of hydrogen-bond acceptors (Lipinski definition) is 3. The standard InChI is InChI=1S/C14H20Cl2N2O/c1-4-19-14(7-5-6-8-14)13-17-11(15)10(9(2)3)12(16)18-13/h9H,4-8H2,1-3H3. The molecule has 0 bridgehead atoms. The molecule has 0 unspecified atom stereocenters. The molecule has 0 amide bonds. The van der Waals surface area contributed by atoms with Crippen molar-refractivity contribution in [1.82, 2.24) is 9.97 Å². The van der Waals surface area contributed by atoms with E-state index in [1.54, 1.807) is 0 Å². The molecular formula is C14H20Cl2N2O. The van der Waals surface area contributed by atoms with Gasteiger partial charge in [-0.15, -0.1) is 0 Å². The van der Waals surface area contributed by atoms with Crippen molar-refractivity contribution in [2.75, 3.05) is 6.61 Å². The fraction of sp³-hybridized carbons (Fsp3) is 0.714. The molecule has 19 heavy (non-hydrogen) atoms. The van der Waals surface area contributed by atoms with Gasteiger partial charge < -0.3 is 4.74 Å². The van der Waals surface area contributed by atoms with Gasteiger partial charge in [0.2, 0.25) is 0 Å². The minimum absolute atomic E-state index is 0.209. The van der Waals surface area contributed by atoms with Crippen molar-refractivity contribution >= 4 is 23.2 Å². The Balaban J connectivity index is 2.45. The molecule has 1 aromatic heterocycles. The predicted molar refractivity (Wildman–Crippen MR) is 77.9 cm³/mol. The highest BCUT2D eigenvalue weighted by Crippen LogP contribution is 2.42. The second kappa shape index (κ2) is 5.94. The van der Waals surface area contributed by atoms with E-state index in [0.717, 1.165) is 31.2 Å². The van der Waals surface area contributed by atoms with E-state index in [9.17, 15) is 0 Å². The molecule has 0 saturated heterocycles. The zero-order valence-electron chi connectivity index (χ0n) is 11.7. The minimum atomic E-state index is -0.391. The van der Waals surface area contributed by atoms with E-state index in [0.29, 0.717) is 22.7 Å². The molecule has 0 spiro atoms. The van der Waals surface area contributed by atoms with Gasteiger partial charge in [-0.25, -0.2) is 9.97 Å². The Morgan fingerprint density at radius 1 is 1.16 bits per heavy atom. The van der Waals surface area contributed by atoms with E-state index in [4.69, 9.17) is 27.9 Å². The van der Waals surface area contributed by atoms with Crippen molar-refractivity contribution in [2.45, 2.75) is 58.0 Å². The third-order valence-corrected chi connectivity index (χ3v) is 4.25. The lowest BCUT2D eigenvalue weighted by Crippen LogP contribution is -2.29. The van der Waals surface area contributed by atoms with E-state index in [1.807, 2.05) is 20.8 Å². The number of halogens is 2. The van der Waals surface area contributed by atoms with Gasteiger partial charge in [-0.1, -0.05) is 37.0 Å². The summed E-state index contributed by atoms with van der Waals surface area (Å²) in [5.41, 5.74) is 0.425. The molecule has 1 saturated carbocycles. The van der Waals surface area contributed by atoms with Gasteiger partial charge >= 0.3 is 0 Å². The van der Waals surface area contributed by atoms with Crippen LogP contribution >= 0.6 is 23.2 Å². The zero-order valence-corrected chi connectivity index (χ0v) is 13.2. The third-order valence-electron chi connectivity index (χ3n) is 3.67. The SMILES string of the molecule is CCOC1(c2nc(Cl)c(C(C)C)c(Cl)n2)CCCC1. The normalized spacial score (nSPS) is 18.2. The minimum Gasteiger partial charge on any atom is -0.367 e. The monoisotopic (exact) mass is 302 g/mol. The summed E-state index contributed by atoms with van der Waals surface area (Å²) in [5, 5.41) is 0.909. The summed E-state index contributed by atoms with van der Waals surface area (Å²) in [6, 6.07) is 0. The van der Waals surface area contributed by atoms with Crippen LogP contribution in [0.15, 0.2) is 0 Å². The Labute approximate surface area is 124 Å². The van der Waals surface area contributed by atoms with Gasteiger partial charge in [0.1, 0.15) is 15.9 Å². The van der Waals surface area contributed by atoms with Gasteiger partial charge in [0.15, 0.2) is 5.82 Å². The maximum Gasteiger partial charge on any atom is 0.163 e. The van der Waals surface area contributed by atoms with Gasteiger partial charge in [-0.2, -0.15) is 0 Å². The molecule has 3 nitrogen and oxygen atoms in total. The molecule has 1 aliphatic rings. The molecule has 5 heteroatoms. The smallest absolute Gasteiger partial charge is 0.163 e. The Hall–Kier alpha value is -0.380. The summed E-state index contributed by atoms with van der Waals surface area (Å²) in [7, 11) is 0. The fourth-order valence-corrected chi connectivity index (χ4v) is 3.58. The fourth-order valence-electron chi connectivity index (χ4n) is 2.75. The lowest BCUT2D eigenvalue weighted by atomic mass is 10.00. The maximum atomic E-state index is 6.28. The molecule has 0 aromatic carbocycles. The van der Waals surface area contributed by atoms with Gasteiger partial charge in [-0.05, 0) is 38.5 Å². The van der Waals surface area contributed by atoms with Gasteiger partial charge in [0, 0.05) is 12.2 Å². The lowest BCUT2D eigenvalue weighted by Gasteiger charge is -2.28. The molecule has 1 heterocycles. The summed E-state index contributed by atoms with van der Waals surface area (Å²) in [6.45, 7) is 6.70. The van der Waals surface area contributed by atoms with Crippen molar-refractivity contribution in [3.8, 4) is 0 Å². The number of nitrogens with zero attached hydrogens (tertiary/aromatic N) is 2. The van der Waals surface area contributed by atoms with Crippen LogP contribution in [0.2, 0.25) is 10.3 Å². The van der Waals surface area contributed by atoms with Crippen LogP contribution in [-0.4, -0.2) is 16.6 Å². The summed E-state index contributed by atoms with van der Waals surface area (Å²) < 4.78 is 5.94. The quantitative estimate of drug-likeness (QED) is 0.755. The average molecular weight is 303 g/mol. The molecule has 0 radical (unpaired) electrons. The summed E-state index contributed by atoms with van der Waals surface area (Å²) in [4.78, 5) is 8.95. The molecule has 2 rings (SSSR count). The maximum absolute atomic E-state index is 6.28. The van der Waals surface area contributed by atoms with E-state index in [2.05, 4.69) is 9.97 Å². The van der Waals surface area contributed by atoms with E-state index in [1.165, 1.54) is 0 Å². The summed E-state index contributed by atoms with van der Waals surface area (Å²) >= 11 is 12.6. The second-order valence-corrected chi connectivity index (χ2v) is 6.05. The molecule has 1 fully saturated rings. The third kappa shape index (κ3) is 2.88. The van der Waals surface area contributed by atoms with Crippen LogP contribution in [0.5, 0.6) is 0 Å². The predicted octanol–water partition coefficient (Wildman–Crippen LogP) is 4.71. The van der Waals surface area contributed by atoms with E-state index < -0.39 is 5.60 Å². The Bertz CT molecular complexity index is 434. The summed E-state index contributed by atoms with van der Waals surface area (Å²) in [5.74, 6) is 0.854. The first-order chi connectivity index (χ1) is 9.00. The lowest BCUT2D eigenvalue weighted by molar-refractivity contribution is -0.0457. The first-order valence-corrected chi connectivity index (χ1v) is 7.63. The van der Waals surface area contributed by atoms with Crippen LogP contribution in [0, 0.1) is 0 Å². The first-order valence-electron chi connectivity index (χ1n) is 6.87. The molecular weight excluding hydrogens is 283 g/mol. The Morgan fingerprint density at radius 3 is 2.11 bits per heavy atom. The van der Waals surface area contributed by atoms with Crippen molar-refractivity contribution < 1.29 is 4.74 Å². The van der Waals surface area contributed by atoms with Crippen molar-refractivity contribution in [2.24, 2.45) is 0 Å². The van der Waals surface area contributed by atoms with Gasteiger partial charge in [0.25, 0.3) is 0 Å². The van der Waals surface area contributed by atoms with E-state index >= 15 is 0 Å². The topological polar surface area (TPSA) is 35.0 Å². The van der Waals surface area contributed by atoms with Crippen molar-refractivity contribution in [1.29, 1.82) is 0 Å². The number of rotatable bonds is 4. The first kappa shape index (κ1) is 15.0. The highest BCUT2D eigenvalue weighted by Gasteiger charge is 2.40. The van der Waals surface area contributed by atoms with Crippen LogP contribution in [0.1, 0.15) is 63.8 Å². The number of ether oxygens (including phenoxy) is 1. The van der Waals surface area contributed by atoms with Crippen molar-refractivity contribution in [3.05, 3.63) is 21.7 Å². The van der Waals surface area contributed by atoms with Crippen LogP contribution in [0.4, 0.5) is 0 Å². The Kier molecular flexibility index (Phi) is 4.70. The molecule has 0 N–H and O–H groups in total. The molecule has 1 aromatic rings. The Morgan fingerprint density at radius 2 is 1.68 bits per heavy atom. The van der Waals surface area contributed by atoms with Crippen molar-refractivity contribution in [3.63, 3.8) is 0 Å². The van der Waals surface area contributed by atoms with Crippen LogP contribution in [-0.2, 0) is 10.3 Å². The van der Waals surface area contributed by atoms with Gasteiger partial charge in [0.05, 0.1) is 0 Å². The van der Waals surface area contributed by atoms with Gasteiger partial charge in [-0.3, -0.25) is 0 Å². The molecule has 1 aliphatic carbocycles.